The van der Waals surface area contributed by atoms with Gasteiger partial charge >= 0.3 is 0 Å². The second kappa shape index (κ2) is 5.03. The fourth-order valence-corrected chi connectivity index (χ4v) is 2.69. The van der Waals surface area contributed by atoms with Gasteiger partial charge in [0.15, 0.2) is 0 Å². The van der Waals surface area contributed by atoms with E-state index in [1.165, 1.54) is 16.3 Å². The van der Waals surface area contributed by atoms with E-state index in [9.17, 15) is 0 Å². The van der Waals surface area contributed by atoms with Crippen LogP contribution in [0.3, 0.4) is 0 Å². The molecule has 0 atom stereocenters. The molecule has 3 nitrogen and oxygen atoms in total. The van der Waals surface area contributed by atoms with Gasteiger partial charge in [-0.1, -0.05) is 24.3 Å². The highest BCUT2D eigenvalue weighted by molar-refractivity contribution is 6.09. The van der Waals surface area contributed by atoms with Crippen LogP contribution in [0.2, 0.25) is 0 Å². The van der Waals surface area contributed by atoms with Crippen LogP contribution in [-0.4, -0.2) is 28.4 Å². The monoisotopic (exact) mass is 255 g/mol. The fraction of sp³-hybridized carbons (Fsp3) is 0.250. The van der Waals surface area contributed by atoms with Crippen molar-refractivity contribution in [3.05, 3.63) is 47.5 Å². The molecule has 98 valence electrons. The Hall–Kier alpha value is -1.84. The first-order valence-corrected chi connectivity index (χ1v) is 6.57. The van der Waals surface area contributed by atoms with Crippen LogP contribution in [-0.2, 0) is 12.8 Å². The SMILES string of the molecule is OCCc1ccc2c(c1)[nH]c1cccc(CCO)c12. The maximum absolute atomic E-state index is 9.16. The molecular weight excluding hydrogens is 238 g/mol. The summed E-state index contributed by atoms with van der Waals surface area (Å²) in [6, 6.07) is 12.4. The Bertz CT molecular complexity index is 715. The Balaban J connectivity index is 2.24. The number of aliphatic hydroxyl groups is 2. The van der Waals surface area contributed by atoms with Gasteiger partial charge in [0.1, 0.15) is 0 Å². The average molecular weight is 255 g/mol. The average Bonchev–Trinajstić information content (AvgIpc) is 2.78. The molecular formula is C16H17NO2. The summed E-state index contributed by atoms with van der Waals surface area (Å²) in [5, 5.41) is 20.6. The predicted molar refractivity (Wildman–Crippen MR) is 77.4 cm³/mol. The molecule has 0 bridgehead atoms. The number of fused-ring (bicyclic) bond motifs is 3. The zero-order chi connectivity index (χ0) is 13.2. The fourth-order valence-electron chi connectivity index (χ4n) is 2.69. The minimum absolute atomic E-state index is 0.161. The highest BCUT2D eigenvalue weighted by Gasteiger charge is 2.08. The van der Waals surface area contributed by atoms with Gasteiger partial charge < -0.3 is 15.2 Å². The molecule has 0 fully saturated rings. The van der Waals surface area contributed by atoms with E-state index in [0.717, 1.165) is 16.6 Å². The first-order chi connectivity index (χ1) is 9.33. The van der Waals surface area contributed by atoms with Crippen LogP contribution in [0.1, 0.15) is 11.1 Å². The van der Waals surface area contributed by atoms with Crippen molar-refractivity contribution in [3.8, 4) is 0 Å². The van der Waals surface area contributed by atoms with Gasteiger partial charge in [-0.3, -0.25) is 0 Å². The summed E-state index contributed by atoms with van der Waals surface area (Å²) in [6.45, 7) is 0.329. The molecule has 0 saturated carbocycles. The number of hydrogen-bond donors (Lipinski definition) is 3. The number of rotatable bonds is 4. The van der Waals surface area contributed by atoms with Crippen LogP contribution in [0.15, 0.2) is 36.4 Å². The van der Waals surface area contributed by atoms with Crippen molar-refractivity contribution < 1.29 is 10.2 Å². The zero-order valence-electron chi connectivity index (χ0n) is 10.7. The third-order valence-corrected chi connectivity index (χ3v) is 3.56. The molecule has 19 heavy (non-hydrogen) atoms. The predicted octanol–water partition coefficient (Wildman–Crippen LogP) is 2.39. The summed E-state index contributed by atoms with van der Waals surface area (Å²) in [5.41, 5.74) is 4.49. The minimum Gasteiger partial charge on any atom is -0.396 e. The van der Waals surface area contributed by atoms with Gasteiger partial charge in [0.2, 0.25) is 0 Å². The van der Waals surface area contributed by atoms with Crippen LogP contribution in [0.4, 0.5) is 0 Å². The van der Waals surface area contributed by atoms with Gasteiger partial charge in [-0.15, -0.1) is 0 Å². The van der Waals surface area contributed by atoms with Crippen LogP contribution in [0.5, 0.6) is 0 Å². The Kier molecular flexibility index (Phi) is 3.23. The van der Waals surface area contributed by atoms with Crippen molar-refractivity contribution >= 4 is 21.8 Å². The number of H-pyrrole nitrogens is 1. The molecule has 3 rings (SSSR count). The van der Waals surface area contributed by atoms with Crippen LogP contribution >= 0.6 is 0 Å². The molecule has 0 spiro atoms. The van der Waals surface area contributed by atoms with E-state index in [1.54, 1.807) is 0 Å². The summed E-state index contributed by atoms with van der Waals surface area (Å²) < 4.78 is 0. The largest absolute Gasteiger partial charge is 0.396 e. The number of aromatic amines is 1. The van der Waals surface area contributed by atoms with Crippen molar-refractivity contribution in [2.75, 3.05) is 13.2 Å². The van der Waals surface area contributed by atoms with Gasteiger partial charge in [0.25, 0.3) is 0 Å². The first kappa shape index (κ1) is 12.2. The maximum atomic E-state index is 9.16. The summed E-state index contributed by atoms with van der Waals surface area (Å²) in [7, 11) is 0. The lowest BCUT2D eigenvalue weighted by molar-refractivity contribution is 0.299. The molecule has 1 heterocycles. The Labute approximate surface area is 111 Å². The van der Waals surface area contributed by atoms with E-state index >= 15 is 0 Å². The van der Waals surface area contributed by atoms with E-state index in [4.69, 9.17) is 10.2 Å². The third kappa shape index (κ3) is 2.11. The van der Waals surface area contributed by atoms with Crippen molar-refractivity contribution in [2.45, 2.75) is 12.8 Å². The second-order valence-electron chi connectivity index (χ2n) is 4.79. The summed E-state index contributed by atoms with van der Waals surface area (Å²) in [6.07, 6.45) is 1.34. The van der Waals surface area contributed by atoms with Crippen molar-refractivity contribution in [2.24, 2.45) is 0 Å². The maximum Gasteiger partial charge on any atom is 0.0471 e. The third-order valence-electron chi connectivity index (χ3n) is 3.56. The molecule has 0 aliphatic heterocycles. The van der Waals surface area contributed by atoms with Gasteiger partial charge in [0, 0.05) is 35.0 Å². The molecule has 3 heteroatoms. The molecule has 0 aliphatic rings. The van der Waals surface area contributed by atoms with E-state index in [-0.39, 0.29) is 13.2 Å². The quantitative estimate of drug-likeness (QED) is 0.670. The zero-order valence-corrected chi connectivity index (χ0v) is 10.7. The summed E-state index contributed by atoms with van der Waals surface area (Å²) in [4.78, 5) is 3.41. The molecule has 0 unspecified atom stereocenters. The topological polar surface area (TPSA) is 56.2 Å². The summed E-state index contributed by atoms with van der Waals surface area (Å²) >= 11 is 0. The highest BCUT2D eigenvalue weighted by Crippen LogP contribution is 2.29. The van der Waals surface area contributed by atoms with Crippen LogP contribution in [0.25, 0.3) is 21.8 Å². The number of aromatic nitrogens is 1. The summed E-state index contributed by atoms with van der Waals surface area (Å²) in [5.74, 6) is 0. The molecule has 3 N–H and O–H groups in total. The van der Waals surface area contributed by atoms with E-state index < -0.39 is 0 Å². The number of hydrogen-bond acceptors (Lipinski definition) is 2. The Morgan fingerprint density at radius 2 is 1.74 bits per heavy atom. The molecule has 0 amide bonds. The molecule has 3 aromatic rings. The van der Waals surface area contributed by atoms with E-state index in [1.807, 2.05) is 6.07 Å². The lowest BCUT2D eigenvalue weighted by atomic mass is 10.0. The first-order valence-electron chi connectivity index (χ1n) is 6.57. The second-order valence-corrected chi connectivity index (χ2v) is 4.79. The molecule has 0 saturated heterocycles. The van der Waals surface area contributed by atoms with Gasteiger partial charge in [-0.2, -0.15) is 0 Å². The lowest BCUT2D eigenvalue weighted by Crippen LogP contribution is -1.91. The van der Waals surface area contributed by atoms with Crippen LogP contribution in [0, 0.1) is 0 Å². The molecule has 0 aliphatic carbocycles. The smallest absolute Gasteiger partial charge is 0.0471 e. The number of benzene rings is 2. The Morgan fingerprint density at radius 1 is 0.895 bits per heavy atom. The molecule has 0 radical (unpaired) electrons. The van der Waals surface area contributed by atoms with Crippen molar-refractivity contribution in [3.63, 3.8) is 0 Å². The van der Waals surface area contributed by atoms with E-state index in [2.05, 4.69) is 35.3 Å². The minimum atomic E-state index is 0.161. The lowest BCUT2D eigenvalue weighted by Gasteiger charge is -2.02. The van der Waals surface area contributed by atoms with E-state index in [0.29, 0.717) is 12.8 Å². The van der Waals surface area contributed by atoms with Gasteiger partial charge in [-0.05, 0) is 36.1 Å². The Morgan fingerprint density at radius 3 is 2.53 bits per heavy atom. The van der Waals surface area contributed by atoms with Crippen molar-refractivity contribution in [1.82, 2.24) is 4.98 Å². The van der Waals surface area contributed by atoms with Gasteiger partial charge in [0.05, 0.1) is 0 Å². The number of aliphatic hydroxyl groups excluding tert-OH is 2. The highest BCUT2D eigenvalue weighted by atomic mass is 16.3. The molecule has 1 aromatic heterocycles. The van der Waals surface area contributed by atoms with Crippen LogP contribution < -0.4 is 0 Å². The standard InChI is InChI=1S/C16H17NO2/c18-8-6-11-4-5-13-15(10-11)17-14-3-1-2-12(7-9-19)16(13)14/h1-5,10,17-19H,6-9H2. The number of nitrogens with one attached hydrogen (secondary N) is 1. The van der Waals surface area contributed by atoms with Crippen molar-refractivity contribution in [1.29, 1.82) is 0 Å². The molecule has 2 aromatic carbocycles. The normalized spacial score (nSPS) is 11.5. The van der Waals surface area contributed by atoms with Gasteiger partial charge in [-0.25, -0.2) is 0 Å².